The van der Waals surface area contributed by atoms with Crippen molar-refractivity contribution >= 4 is 28.2 Å². The summed E-state index contributed by atoms with van der Waals surface area (Å²) in [6, 6.07) is 6.04. The lowest BCUT2D eigenvalue weighted by molar-refractivity contribution is 0.161. The van der Waals surface area contributed by atoms with Crippen LogP contribution >= 0.6 is 11.6 Å². The average molecular weight is 315 g/mol. The van der Waals surface area contributed by atoms with Gasteiger partial charge in [-0.1, -0.05) is 30.9 Å². The van der Waals surface area contributed by atoms with Gasteiger partial charge in [0.2, 0.25) is 0 Å². The van der Waals surface area contributed by atoms with E-state index < -0.39 is 0 Å². The van der Waals surface area contributed by atoms with E-state index in [2.05, 4.69) is 11.4 Å². The fourth-order valence-corrected chi connectivity index (χ4v) is 4.76. The SMILES string of the molecule is CNc1c2c(nc3ccc(Cl)cc13)CCC1(CCCCC1)C2. The minimum absolute atomic E-state index is 0.533. The van der Waals surface area contributed by atoms with E-state index in [1.54, 1.807) is 0 Å². The van der Waals surface area contributed by atoms with Crippen molar-refractivity contribution in [2.24, 2.45) is 5.41 Å². The number of halogens is 1. The molecule has 0 saturated heterocycles. The first-order valence-corrected chi connectivity index (χ1v) is 8.87. The van der Waals surface area contributed by atoms with Crippen LogP contribution in [0.1, 0.15) is 49.8 Å². The number of hydrogen-bond acceptors (Lipinski definition) is 2. The van der Waals surface area contributed by atoms with Gasteiger partial charge in [-0.3, -0.25) is 4.98 Å². The topological polar surface area (TPSA) is 24.9 Å². The monoisotopic (exact) mass is 314 g/mol. The fraction of sp³-hybridized carbons (Fsp3) is 0.526. The predicted molar refractivity (Wildman–Crippen MR) is 93.8 cm³/mol. The zero-order valence-electron chi connectivity index (χ0n) is 13.2. The molecule has 1 heterocycles. The van der Waals surface area contributed by atoms with E-state index in [9.17, 15) is 0 Å². The van der Waals surface area contributed by atoms with E-state index in [1.807, 2.05) is 19.2 Å². The number of rotatable bonds is 1. The summed E-state index contributed by atoms with van der Waals surface area (Å²) in [6.07, 6.45) is 10.6. The van der Waals surface area contributed by atoms with E-state index >= 15 is 0 Å². The molecule has 0 unspecified atom stereocenters. The van der Waals surface area contributed by atoms with Gasteiger partial charge in [0.25, 0.3) is 0 Å². The van der Waals surface area contributed by atoms with E-state index in [4.69, 9.17) is 16.6 Å². The third-order valence-electron chi connectivity index (χ3n) is 5.74. The molecule has 0 radical (unpaired) electrons. The highest BCUT2D eigenvalue weighted by Gasteiger charge is 2.37. The molecule has 2 aliphatic rings. The smallest absolute Gasteiger partial charge is 0.0727 e. The Morgan fingerprint density at radius 1 is 1.14 bits per heavy atom. The first kappa shape index (κ1) is 14.3. The molecule has 116 valence electrons. The molecular formula is C19H23ClN2. The van der Waals surface area contributed by atoms with Gasteiger partial charge in [0.1, 0.15) is 0 Å². The molecule has 1 aromatic carbocycles. The second-order valence-corrected chi connectivity index (χ2v) is 7.50. The lowest BCUT2D eigenvalue weighted by atomic mass is 9.64. The van der Waals surface area contributed by atoms with Gasteiger partial charge in [0.05, 0.1) is 5.52 Å². The third-order valence-corrected chi connectivity index (χ3v) is 5.98. The van der Waals surface area contributed by atoms with E-state index in [1.165, 1.54) is 67.3 Å². The molecular weight excluding hydrogens is 292 g/mol. The van der Waals surface area contributed by atoms with Gasteiger partial charge >= 0.3 is 0 Å². The minimum atomic E-state index is 0.533. The van der Waals surface area contributed by atoms with E-state index in [0.717, 1.165) is 17.0 Å². The molecule has 2 aromatic rings. The van der Waals surface area contributed by atoms with Gasteiger partial charge in [-0.2, -0.15) is 0 Å². The zero-order chi connectivity index (χ0) is 15.2. The van der Waals surface area contributed by atoms with Crippen LogP contribution in [0.2, 0.25) is 5.02 Å². The molecule has 22 heavy (non-hydrogen) atoms. The Labute approximate surface area is 137 Å². The molecule has 1 saturated carbocycles. The summed E-state index contributed by atoms with van der Waals surface area (Å²) in [6.45, 7) is 0. The summed E-state index contributed by atoms with van der Waals surface area (Å²) in [5.74, 6) is 0. The number of nitrogens with zero attached hydrogens (tertiary/aromatic N) is 1. The van der Waals surface area contributed by atoms with E-state index in [-0.39, 0.29) is 0 Å². The van der Waals surface area contributed by atoms with Gasteiger partial charge in [-0.25, -0.2) is 0 Å². The minimum Gasteiger partial charge on any atom is -0.387 e. The highest BCUT2D eigenvalue weighted by Crippen LogP contribution is 2.48. The van der Waals surface area contributed by atoms with Crippen LogP contribution in [0.4, 0.5) is 5.69 Å². The molecule has 0 amide bonds. The Balaban J connectivity index is 1.86. The molecule has 2 nitrogen and oxygen atoms in total. The largest absolute Gasteiger partial charge is 0.387 e. The lowest BCUT2D eigenvalue weighted by Gasteiger charge is -2.41. The number of fused-ring (bicyclic) bond motifs is 2. The maximum Gasteiger partial charge on any atom is 0.0727 e. The van der Waals surface area contributed by atoms with Crippen LogP contribution in [0.3, 0.4) is 0 Å². The number of aromatic nitrogens is 1. The van der Waals surface area contributed by atoms with Crippen molar-refractivity contribution < 1.29 is 0 Å². The van der Waals surface area contributed by atoms with Crippen LogP contribution in [0.15, 0.2) is 18.2 Å². The highest BCUT2D eigenvalue weighted by molar-refractivity contribution is 6.31. The van der Waals surface area contributed by atoms with Crippen molar-refractivity contribution in [2.45, 2.75) is 51.4 Å². The van der Waals surface area contributed by atoms with Crippen molar-refractivity contribution in [1.82, 2.24) is 4.98 Å². The number of benzene rings is 1. The number of pyridine rings is 1. The summed E-state index contributed by atoms with van der Waals surface area (Å²) in [4.78, 5) is 4.94. The summed E-state index contributed by atoms with van der Waals surface area (Å²) >= 11 is 6.22. The molecule has 2 aliphatic carbocycles. The molecule has 1 N–H and O–H groups in total. The number of hydrogen-bond donors (Lipinski definition) is 1. The van der Waals surface area contributed by atoms with Crippen LogP contribution in [0.5, 0.6) is 0 Å². The molecule has 0 atom stereocenters. The summed E-state index contributed by atoms with van der Waals surface area (Å²) in [7, 11) is 2.03. The molecule has 0 bridgehead atoms. The Morgan fingerprint density at radius 3 is 2.73 bits per heavy atom. The number of anilines is 1. The van der Waals surface area contributed by atoms with Gasteiger partial charge < -0.3 is 5.32 Å². The predicted octanol–water partition coefficient (Wildman–Crippen LogP) is 5.37. The van der Waals surface area contributed by atoms with Crippen LogP contribution in [0, 0.1) is 5.41 Å². The zero-order valence-corrected chi connectivity index (χ0v) is 14.0. The Hall–Kier alpha value is -1.28. The summed E-state index contributed by atoms with van der Waals surface area (Å²) < 4.78 is 0. The summed E-state index contributed by atoms with van der Waals surface area (Å²) in [5.41, 5.74) is 5.60. The average Bonchev–Trinajstić information content (AvgIpc) is 2.54. The molecule has 1 spiro atoms. The van der Waals surface area contributed by atoms with E-state index in [0.29, 0.717) is 5.41 Å². The van der Waals surface area contributed by atoms with Crippen molar-refractivity contribution in [3.63, 3.8) is 0 Å². The van der Waals surface area contributed by atoms with Crippen LogP contribution in [-0.4, -0.2) is 12.0 Å². The Kier molecular flexibility index (Phi) is 3.53. The van der Waals surface area contributed by atoms with Gasteiger partial charge in [0, 0.05) is 28.8 Å². The molecule has 4 rings (SSSR count). The van der Waals surface area contributed by atoms with Crippen LogP contribution in [0.25, 0.3) is 10.9 Å². The van der Waals surface area contributed by atoms with Crippen molar-refractivity contribution in [1.29, 1.82) is 0 Å². The molecule has 3 heteroatoms. The normalized spacial score (nSPS) is 20.1. The maximum atomic E-state index is 6.22. The fourth-order valence-electron chi connectivity index (χ4n) is 4.58. The maximum absolute atomic E-state index is 6.22. The van der Waals surface area contributed by atoms with Crippen LogP contribution in [-0.2, 0) is 12.8 Å². The van der Waals surface area contributed by atoms with Crippen molar-refractivity contribution in [2.75, 3.05) is 12.4 Å². The molecule has 0 aliphatic heterocycles. The first-order chi connectivity index (χ1) is 10.7. The number of nitrogens with one attached hydrogen (secondary N) is 1. The lowest BCUT2D eigenvalue weighted by Crippen LogP contribution is -2.32. The van der Waals surface area contributed by atoms with Crippen LogP contribution < -0.4 is 5.32 Å². The third kappa shape index (κ3) is 2.28. The van der Waals surface area contributed by atoms with Crippen molar-refractivity contribution in [3.8, 4) is 0 Å². The Morgan fingerprint density at radius 2 is 1.95 bits per heavy atom. The highest BCUT2D eigenvalue weighted by atomic mass is 35.5. The standard InChI is InChI=1S/C19H23ClN2/c1-21-18-14-11-13(20)5-6-16(14)22-17-7-10-19(12-15(17)18)8-3-2-4-9-19/h5-6,11H,2-4,7-10,12H2,1H3,(H,21,22). The second-order valence-electron chi connectivity index (χ2n) is 7.06. The number of aryl methyl sites for hydroxylation is 1. The van der Waals surface area contributed by atoms with Gasteiger partial charge in [0.15, 0.2) is 0 Å². The first-order valence-electron chi connectivity index (χ1n) is 8.50. The van der Waals surface area contributed by atoms with Gasteiger partial charge in [-0.05, 0) is 61.3 Å². The quantitative estimate of drug-likeness (QED) is 0.765. The summed E-state index contributed by atoms with van der Waals surface area (Å²) in [5, 5.41) is 5.40. The van der Waals surface area contributed by atoms with Gasteiger partial charge in [-0.15, -0.1) is 0 Å². The second kappa shape index (κ2) is 5.42. The Bertz CT molecular complexity index is 717. The molecule has 1 fully saturated rings. The molecule has 1 aromatic heterocycles. The van der Waals surface area contributed by atoms with Crippen molar-refractivity contribution in [3.05, 3.63) is 34.5 Å².